The molecule has 148 valence electrons. The van der Waals surface area contributed by atoms with Crippen LogP contribution in [-0.4, -0.2) is 65.9 Å². The van der Waals surface area contributed by atoms with Crippen molar-refractivity contribution in [3.63, 3.8) is 0 Å². The summed E-state index contributed by atoms with van der Waals surface area (Å²) in [7, 11) is 0. The molecule has 2 heterocycles. The second kappa shape index (κ2) is 9.32. The van der Waals surface area contributed by atoms with Gasteiger partial charge in [0.25, 0.3) is 11.8 Å². The van der Waals surface area contributed by atoms with Crippen LogP contribution >= 0.6 is 0 Å². The van der Waals surface area contributed by atoms with Gasteiger partial charge >= 0.3 is 0 Å². The quantitative estimate of drug-likeness (QED) is 0.831. The minimum Gasteiger partial charge on any atom is -0.492 e. The van der Waals surface area contributed by atoms with Gasteiger partial charge in [0.15, 0.2) is 0 Å². The van der Waals surface area contributed by atoms with Crippen molar-refractivity contribution in [3.8, 4) is 5.75 Å². The van der Waals surface area contributed by atoms with E-state index in [9.17, 15) is 9.59 Å². The number of likely N-dealkylation sites (N-methyl/N-ethyl adjacent to an activating group) is 1. The number of pyridine rings is 1. The van der Waals surface area contributed by atoms with Gasteiger partial charge in [-0.15, -0.1) is 0 Å². The lowest BCUT2D eigenvalue weighted by atomic mass is 10.2. The number of hydrogen-bond donors (Lipinski definition) is 1. The van der Waals surface area contributed by atoms with Crippen molar-refractivity contribution < 1.29 is 14.3 Å². The summed E-state index contributed by atoms with van der Waals surface area (Å²) < 4.78 is 5.54. The summed E-state index contributed by atoms with van der Waals surface area (Å²) in [5.74, 6) is 0.164. The third-order valence-corrected chi connectivity index (χ3v) is 4.78. The molecule has 2 amide bonds. The number of nitrogens with one attached hydrogen (secondary N) is 1. The summed E-state index contributed by atoms with van der Waals surface area (Å²) in [4.78, 5) is 33.7. The van der Waals surface area contributed by atoms with Gasteiger partial charge < -0.3 is 19.9 Å². The Morgan fingerprint density at radius 1 is 1.11 bits per heavy atom. The van der Waals surface area contributed by atoms with Gasteiger partial charge in [-0.25, -0.2) is 0 Å². The van der Waals surface area contributed by atoms with Gasteiger partial charge in [0.05, 0.1) is 12.3 Å². The number of amides is 2. The van der Waals surface area contributed by atoms with Crippen LogP contribution in [-0.2, 0) is 0 Å². The Morgan fingerprint density at radius 3 is 2.57 bits per heavy atom. The number of carbonyl (C=O) groups excluding carboxylic acids is 2. The standard InChI is InChI=1S/C21H26N4O3/c1-3-24-11-13-25(14-12-24)21(27)18-15-16(9-10-22-18)20(26)23-17-7-5-6-8-19(17)28-4-2/h5-10,15H,3-4,11-14H2,1-2H3,(H,23,26). The van der Waals surface area contributed by atoms with Crippen molar-refractivity contribution in [2.45, 2.75) is 13.8 Å². The van der Waals surface area contributed by atoms with Gasteiger partial charge in [-0.3, -0.25) is 14.6 Å². The van der Waals surface area contributed by atoms with E-state index in [4.69, 9.17) is 4.74 Å². The third kappa shape index (κ3) is 4.67. The lowest BCUT2D eigenvalue weighted by Crippen LogP contribution is -2.48. The van der Waals surface area contributed by atoms with Gasteiger partial charge in [0.1, 0.15) is 11.4 Å². The lowest BCUT2D eigenvalue weighted by molar-refractivity contribution is 0.0637. The summed E-state index contributed by atoms with van der Waals surface area (Å²) in [6.07, 6.45) is 1.50. The number of carbonyl (C=O) groups is 2. The van der Waals surface area contributed by atoms with E-state index in [1.807, 2.05) is 19.1 Å². The van der Waals surface area contributed by atoms with Crippen LogP contribution in [0.1, 0.15) is 34.7 Å². The number of rotatable bonds is 6. The average Bonchev–Trinajstić information content (AvgIpc) is 2.75. The number of ether oxygens (including phenoxy) is 1. The summed E-state index contributed by atoms with van der Waals surface area (Å²) in [6, 6.07) is 10.4. The van der Waals surface area contributed by atoms with Crippen molar-refractivity contribution in [3.05, 3.63) is 53.9 Å². The molecule has 1 aromatic carbocycles. The molecule has 0 aliphatic carbocycles. The van der Waals surface area contributed by atoms with E-state index in [-0.39, 0.29) is 17.5 Å². The summed E-state index contributed by atoms with van der Waals surface area (Å²) in [6.45, 7) is 8.56. The van der Waals surface area contributed by atoms with E-state index in [1.165, 1.54) is 6.20 Å². The number of nitrogens with zero attached hydrogens (tertiary/aromatic N) is 3. The third-order valence-electron chi connectivity index (χ3n) is 4.78. The van der Waals surface area contributed by atoms with Crippen LogP contribution in [0.25, 0.3) is 0 Å². The molecule has 0 spiro atoms. The molecule has 3 rings (SSSR count). The smallest absolute Gasteiger partial charge is 0.272 e. The largest absolute Gasteiger partial charge is 0.492 e. The molecule has 7 nitrogen and oxygen atoms in total. The molecule has 0 bridgehead atoms. The Kier molecular flexibility index (Phi) is 6.60. The highest BCUT2D eigenvalue weighted by Gasteiger charge is 2.23. The molecule has 0 atom stereocenters. The van der Waals surface area contributed by atoms with Crippen molar-refractivity contribution >= 4 is 17.5 Å². The highest BCUT2D eigenvalue weighted by molar-refractivity contribution is 6.06. The highest BCUT2D eigenvalue weighted by Crippen LogP contribution is 2.24. The molecule has 1 saturated heterocycles. The Hall–Kier alpha value is -2.93. The number of aromatic nitrogens is 1. The normalized spacial score (nSPS) is 14.6. The van der Waals surface area contributed by atoms with E-state index in [1.54, 1.807) is 29.2 Å². The van der Waals surface area contributed by atoms with E-state index >= 15 is 0 Å². The molecular formula is C21H26N4O3. The zero-order valence-corrected chi connectivity index (χ0v) is 16.4. The maximum Gasteiger partial charge on any atom is 0.272 e. The first-order valence-corrected chi connectivity index (χ1v) is 9.63. The highest BCUT2D eigenvalue weighted by atomic mass is 16.5. The molecule has 1 aliphatic heterocycles. The van der Waals surface area contributed by atoms with Gasteiger partial charge in [-0.05, 0) is 37.7 Å². The van der Waals surface area contributed by atoms with E-state index in [0.29, 0.717) is 36.7 Å². The van der Waals surface area contributed by atoms with Gasteiger partial charge in [0, 0.05) is 37.9 Å². The molecule has 1 aliphatic rings. The van der Waals surface area contributed by atoms with Crippen molar-refractivity contribution in [2.75, 3.05) is 44.6 Å². The monoisotopic (exact) mass is 382 g/mol. The van der Waals surface area contributed by atoms with Crippen molar-refractivity contribution in [1.82, 2.24) is 14.8 Å². The predicted molar refractivity (Wildman–Crippen MR) is 108 cm³/mol. The van der Waals surface area contributed by atoms with Crippen LogP contribution in [0.5, 0.6) is 5.75 Å². The van der Waals surface area contributed by atoms with Gasteiger partial charge in [0.2, 0.25) is 0 Å². The Balaban J connectivity index is 1.71. The van der Waals surface area contributed by atoms with Crippen LogP contribution in [0.3, 0.4) is 0 Å². The van der Waals surface area contributed by atoms with Crippen LogP contribution in [0.15, 0.2) is 42.6 Å². The molecule has 7 heteroatoms. The van der Waals surface area contributed by atoms with E-state index < -0.39 is 0 Å². The van der Waals surface area contributed by atoms with Crippen LogP contribution < -0.4 is 10.1 Å². The average molecular weight is 382 g/mol. The van der Waals surface area contributed by atoms with Crippen molar-refractivity contribution in [1.29, 1.82) is 0 Å². The first-order valence-electron chi connectivity index (χ1n) is 9.63. The fraction of sp³-hybridized carbons (Fsp3) is 0.381. The molecule has 0 radical (unpaired) electrons. The van der Waals surface area contributed by atoms with Crippen LogP contribution in [0.4, 0.5) is 5.69 Å². The minimum atomic E-state index is -0.306. The summed E-state index contributed by atoms with van der Waals surface area (Å²) >= 11 is 0. The predicted octanol–water partition coefficient (Wildman–Crippen LogP) is 2.51. The summed E-state index contributed by atoms with van der Waals surface area (Å²) in [5.41, 5.74) is 1.27. The molecular weight excluding hydrogens is 356 g/mol. The van der Waals surface area contributed by atoms with E-state index in [2.05, 4.69) is 22.1 Å². The van der Waals surface area contributed by atoms with E-state index in [0.717, 1.165) is 19.6 Å². The Morgan fingerprint density at radius 2 is 1.86 bits per heavy atom. The molecule has 2 aromatic rings. The number of hydrogen-bond acceptors (Lipinski definition) is 5. The summed E-state index contributed by atoms with van der Waals surface area (Å²) in [5, 5.41) is 2.85. The van der Waals surface area contributed by atoms with Gasteiger partial charge in [-0.2, -0.15) is 0 Å². The molecule has 0 unspecified atom stereocenters. The first-order chi connectivity index (χ1) is 13.6. The van der Waals surface area contributed by atoms with Crippen molar-refractivity contribution in [2.24, 2.45) is 0 Å². The Labute approximate surface area is 165 Å². The number of piperazine rings is 1. The fourth-order valence-electron chi connectivity index (χ4n) is 3.16. The number of anilines is 1. The van der Waals surface area contributed by atoms with Crippen LogP contribution in [0.2, 0.25) is 0 Å². The molecule has 1 aromatic heterocycles. The number of para-hydroxylation sites is 2. The fourth-order valence-corrected chi connectivity index (χ4v) is 3.16. The zero-order valence-electron chi connectivity index (χ0n) is 16.4. The lowest BCUT2D eigenvalue weighted by Gasteiger charge is -2.33. The molecule has 0 saturated carbocycles. The number of benzene rings is 1. The Bertz CT molecular complexity index is 832. The van der Waals surface area contributed by atoms with Gasteiger partial charge in [-0.1, -0.05) is 19.1 Å². The minimum absolute atomic E-state index is 0.139. The van der Waals surface area contributed by atoms with Crippen LogP contribution in [0, 0.1) is 0 Å². The second-order valence-electron chi connectivity index (χ2n) is 6.54. The second-order valence-corrected chi connectivity index (χ2v) is 6.54. The maximum absolute atomic E-state index is 12.8. The molecule has 1 N–H and O–H groups in total. The topological polar surface area (TPSA) is 74.8 Å². The first kappa shape index (κ1) is 19.8. The zero-order chi connectivity index (χ0) is 19.9. The molecule has 1 fully saturated rings. The maximum atomic E-state index is 12.8. The SMILES string of the molecule is CCOc1ccccc1NC(=O)c1ccnc(C(=O)N2CCN(CC)CC2)c1. The molecule has 28 heavy (non-hydrogen) atoms.